The zero-order valence-electron chi connectivity index (χ0n) is 8.81. The van der Waals surface area contributed by atoms with Crippen LogP contribution >= 0.6 is 0 Å². The van der Waals surface area contributed by atoms with Crippen LogP contribution in [0.25, 0.3) is 0 Å². The first kappa shape index (κ1) is 12.8. The molecule has 0 aliphatic carbocycles. The van der Waals surface area contributed by atoms with E-state index in [0.29, 0.717) is 11.5 Å². The summed E-state index contributed by atoms with van der Waals surface area (Å²) in [5, 5.41) is 8.75. The molecule has 0 amide bonds. The summed E-state index contributed by atoms with van der Waals surface area (Å²) in [6, 6.07) is 5.07. The highest BCUT2D eigenvalue weighted by atomic mass is 19.3. The summed E-state index contributed by atoms with van der Waals surface area (Å²) in [6.07, 6.45) is -2.42. The number of rotatable bonds is 6. The molecular formula is C10H15F2N3O. The van der Waals surface area contributed by atoms with Gasteiger partial charge in [-0.3, -0.25) is 4.90 Å². The first-order chi connectivity index (χ1) is 7.61. The van der Waals surface area contributed by atoms with Gasteiger partial charge in [0.15, 0.2) is 0 Å². The minimum atomic E-state index is -2.42. The Morgan fingerprint density at radius 2 is 2.19 bits per heavy atom. The van der Waals surface area contributed by atoms with Gasteiger partial charge in [0.2, 0.25) is 0 Å². The molecule has 1 rings (SSSR count). The maximum Gasteiger partial charge on any atom is 0.251 e. The number of hydrogen-bond donors (Lipinski definition) is 2. The molecule has 4 nitrogen and oxygen atoms in total. The fourth-order valence-corrected chi connectivity index (χ4v) is 1.39. The van der Waals surface area contributed by atoms with Crippen molar-refractivity contribution in [2.75, 3.05) is 25.4 Å². The molecule has 0 aliphatic heterocycles. The number of hydrogen-bond acceptors (Lipinski definition) is 4. The van der Waals surface area contributed by atoms with Gasteiger partial charge in [-0.15, -0.1) is 0 Å². The molecule has 1 aromatic rings. The van der Waals surface area contributed by atoms with E-state index < -0.39 is 6.43 Å². The van der Waals surface area contributed by atoms with Crippen LogP contribution in [0.1, 0.15) is 5.69 Å². The summed E-state index contributed by atoms with van der Waals surface area (Å²) in [7, 11) is 0. The fourth-order valence-electron chi connectivity index (χ4n) is 1.39. The van der Waals surface area contributed by atoms with Gasteiger partial charge in [0, 0.05) is 13.1 Å². The summed E-state index contributed by atoms with van der Waals surface area (Å²) in [5.74, 6) is 0.360. The van der Waals surface area contributed by atoms with Crippen LogP contribution in [0, 0.1) is 0 Å². The van der Waals surface area contributed by atoms with Crippen molar-refractivity contribution < 1.29 is 13.9 Å². The third-order valence-corrected chi connectivity index (χ3v) is 2.03. The minimum absolute atomic E-state index is 0.158. The number of alkyl halides is 2. The molecule has 0 radical (unpaired) electrons. The number of halogens is 2. The lowest BCUT2D eigenvalue weighted by molar-refractivity contribution is 0.0741. The van der Waals surface area contributed by atoms with E-state index in [1.165, 1.54) is 4.90 Å². The number of aromatic nitrogens is 1. The second kappa shape index (κ2) is 6.34. The van der Waals surface area contributed by atoms with E-state index in [1.54, 1.807) is 18.2 Å². The molecule has 0 fully saturated rings. The number of aliphatic hydroxyl groups excluding tert-OH is 1. The van der Waals surface area contributed by atoms with Crippen molar-refractivity contribution in [2.24, 2.45) is 0 Å². The van der Waals surface area contributed by atoms with Crippen molar-refractivity contribution in [3.05, 3.63) is 23.9 Å². The normalized spacial score (nSPS) is 11.3. The number of pyridine rings is 1. The quantitative estimate of drug-likeness (QED) is 0.757. The summed E-state index contributed by atoms with van der Waals surface area (Å²) in [4.78, 5) is 5.45. The Morgan fingerprint density at radius 3 is 2.75 bits per heavy atom. The maximum absolute atomic E-state index is 12.2. The Bertz CT molecular complexity index is 323. The van der Waals surface area contributed by atoms with E-state index in [4.69, 9.17) is 10.8 Å². The highest BCUT2D eigenvalue weighted by Crippen LogP contribution is 2.06. The Labute approximate surface area is 92.7 Å². The molecule has 3 N–H and O–H groups in total. The van der Waals surface area contributed by atoms with Crippen LogP contribution in [-0.4, -0.2) is 41.1 Å². The molecule has 0 aliphatic rings. The summed E-state index contributed by atoms with van der Waals surface area (Å²) < 4.78 is 24.4. The molecule has 6 heteroatoms. The Hall–Kier alpha value is -1.27. The van der Waals surface area contributed by atoms with E-state index >= 15 is 0 Å². The molecule has 1 heterocycles. The first-order valence-corrected chi connectivity index (χ1v) is 4.94. The van der Waals surface area contributed by atoms with Gasteiger partial charge in [0.25, 0.3) is 6.43 Å². The molecule has 0 saturated carbocycles. The monoisotopic (exact) mass is 231 g/mol. The zero-order valence-corrected chi connectivity index (χ0v) is 8.81. The largest absolute Gasteiger partial charge is 0.395 e. The number of nitrogens with zero attached hydrogens (tertiary/aromatic N) is 2. The third-order valence-electron chi connectivity index (χ3n) is 2.03. The summed E-state index contributed by atoms with van der Waals surface area (Å²) in [5.41, 5.74) is 6.10. The lowest BCUT2D eigenvalue weighted by Crippen LogP contribution is -2.31. The highest BCUT2D eigenvalue weighted by Gasteiger charge is 2.12. The maximum atomic E-state index is 12.2. The van der Waals surface area contributed by atoms with Gasteiger partial charge in [-0.25, -0.2) is 13.8 Å². The van der Waals surface area contributed by atoms with Crippen molar-refractivity contribution in [3.8, 4) is 0 Å². The standard InChI is InChI=1S/C10H15F2N3O/c11-9(12)7-15(4-5-16)6-8-2-1-3-10(13)14-8/h1-3,9,16H,4-7H2,(H2,13,14). The third kappa shape index (κ3) is 4.50. The molecular weight excluding hydrogens is 216 g/mol. The van der Waals surface area contributed by atoms with Gasteiger partial charge in [-0.1, -0.05) is 6.07 Å². The van der Waals surface area contributed by atoms with Gasteiger partial charge >= 0.3 is 0 Å². The lowest BCUT2D eigenvalue weighted by Gasteiger charge is -2.20. The molecule has 0 atom stereocenters. The van der Waals surface area contributed by atoms with E-state index in [1.807, 2.05) is 0 Å². The van der Waals surface area contributed by atoms with Crippen molar-refractivity contribution in [3.63, 3.8) is 0 Å². The van der Waals surface area contributed by atoms with Crippen molar-refractivity contribution in [2.45, 2.75) is 13.0 Å². The Kier molecular flexibility index (Phi) is 5.07. The van der Waals surface area contributed by atoms with E-state index in [2.05, 4.69) is 4.98 Å². The van der Waals surface area contributed by atoms with Crippen molar-refractivity contribution in [1.82, 2.24) is 9.88 Å². The topological polar surface area (TPSA) is 62.4 Å². The van der Waals surface area contributed by atoms with Gasteiger partial charge < -0.3 is 10.8 Å². The number of aliphatic hydroxyl groups is 1. The molecule has 1 aromatic heterocycles. The van der Waals surface area contributed by atoms with Crippen molar-refractivity contribution >= 4 is 5.82 Å². The van der Waals surface area contributed by atoms with Gasteiger partial charge in [-0.05, 0) is 12.1 Å². The molecule has 0 bridgehead atoms. The lowest BCUT2D eigenvalue weighted by atomic mass is 10.3. The second-order valence-electron chi connectivity index (χ2n) is 3.40. The van der Waals surface area contributed by atoms with Crippen LogP contribution in [0.5, 0.6) is 0 Å². The molecule has 0 unspecified atom stereocenters. The number of nitrogen functional groups attached to an aromatic ring is 1. The summed E-state index contributed by atoms with van der Waals surface area (Å²) in [6.45, 7) is -0.0805. The van der Waals surface area contributed by atoms with E-state index in [0.717, 1.165) is 0 Å². The molecule has 0 saturated heterocycles. The average Bonchev–Trinajstić information content (AvgIpc) is 2.16. The average molecular weight is 231 g/mol. The molecule has 90 valence electrons. The molecule has 0 spiro atoms. The van der Waals surface area contributed by atoms with Crippen LogP contribution in [-0.2, 0) is 6.54 Å². The summed E-state index contributed by atoms with van der Waals surface area (Å²) >= 11 is 0. The minimum Gasteiger partial charge on any atom is -0.395 e. The van der Waals surface area contributed by atoms with Crippen LogP contribution < -0.4 is 5.73 Å². The smallest absolute Gasteiger partial charge is 0.251 e. The van der Waals surface area contributed by atoms with Crippen molar-refractivity contribution in [1.29, 1.82) is 0 Å². The van der Waals surface area contributed by atoms with Crippen LogP contribution in [0.2, 0.25) is 0 Å². The SMILES string of the molecule is Nc1cccc(CN(CCO)CC(F)F)n1. The van der Waals surface area contributed by atoms with Crippen LogP contribution in [0.4, 0.5) is 14.6 Å². The predicted octanol–water partition coefficient (Wildman–Crippen LogP) is 0.723. The predicted molar refractivity (Wildman–Crippen MR) is 57.0 cm³/mol. The highest BCUT2D eigenvalue weighted by molar-refractivity contribution is 5.28. The Balaban J connectivity index is 2.60. The number of nitrogens with two attached hydrogens (primary N) is 1. The van der Waals surface area contributed by atoms with Gasteiger partial charge in [0.05, 0.1) is 18.8 Å². The molecule has 0 aromatic carbocycles. The van der Waals surface area contributed by atoms with Crippen LogP contribution in [0.15, 0.2) is 18.2 Å². The van der Waals surface area contributed by atoms with Gasteiger partial charge in [0.1, 0.15) is 5.82 Å². The zero-order chi connectivity index (χ0) is 12.0. The van der Waals surface area contributed by atoms with Gasteiger partial charge in [-0.2, -0.15) is 0 Å². The Morgan fingerprint density at radius 1 is 1.44 bits per heavy atom. The number of anilines is 1. The fraction of sp³-hybridized carbons (Fsp3) is 0.500. The molecule has 16 heavy (non-hydrogen) atoms. The van der Waals surface area contributed by atoms with E-state index in [-0.39, 0.29) is 26.2 Å². The van der Waals surface area contributed by atoms with E-state index in [9.17, 15) is 8.78 Å². The first-order valence-electron chi connectivity index (χ1n) is 4.94. The second-order valence-corrected chi connectivity index (χ2v) is 3.40. The van der Waals surface area contributed by atoms with Crippen LogP contribution in [0.3, 0.4) is 0 Å².